The van der Waals surface area contributed by atoms with E-state index in [1.807, 2.05) is 48.5 Å². The highest BCUT2D eigenvalue weighted by atomic mass is 19.1. The van der Waals surface area contributed by atoms with Gasteiger partial charge in [0.2, 0.25) is 0 Å². The van der Waals surface area contributed by atoms with Crippen LogP contribution in [0, 0.1) is 5.82 Å². The van der Waals surface area contributed by atoms with Crippen molar-refractivity contribution in [3.05, 3.63) is 114 Å². The van der Waals surface area contributed by atoms with E-state index in [4.69, 9.17) is 4.74 Å². The van der Waals surface area contributed by atoms with Crippen LogP contribution in [0.4, 0.5) is 9.18 Å². The summed E-state index contributed by atoms with van der Waals surface area (Å²) in [5.41, 5.74) is 5.20. The van der Waals surface area contributed by atoms with E-state index >= 15 is 0 Å². The van der Waals surface area contributed by atoms with Crippen molar-refractivity contribution >= 4 is 12.1 Å². The van der Waals surface area contributed by atoms with Gasteiger partial charge >= 0.3 is 12.1 Å². The zero-order chi connectivity index (χ0) is 24.4. The van der Waals surface area contributed by atoms with Crippen LogP contribution in [-0.4, -0.2) is 34.4 Å². The predicted octanol–water partition coefficient (Wildman–Crippen LogP) is 5.15. The molecule has 1 heterocycles. The molecule has 0 fully saturated rings. The number of carboxylic acid groups (broad SMARTS) is 1. The van der Waals surface area contributed by atoms with Gasteiger partial charge in [-0.1, -0.05) is 60.7 Å². The summed E-state index contributed by atoms with van der Waals surface area (Å²) in [4.78, 5) is 24.5. The van der Waals surface area contributed by atoms with Crippen molar-refractivity contribution in [1.82, 2.24) is 9.88 Å². The van der Waals surface area contributed by atoms with Crippen molar-refractivity contribution < 1.29 is 23.8 Å². The SMILES string of the molecule is O=C(NC(Cc1cccn1-c1ccccc1F)C(=O)O)OCC1c2ccccc2-c2ccccc21. The second kappa shape index (κ2) is 9.46. The first-order valence-electron chi connectivity index (χ1n) is 11.3. The number of hydrogen-bond acceptors (Lipinski definition) is 3. The highest BCUT2D eigenvalue weighted by Crippen LogP contribution is 2.44. The van der Waals surface area contributed by atoms with E-state index in [1.54, 1.807) is 41.1 Å². The molecule has 0 saturated heterocycles. The second-order valence-electron chi connectivity index (χ2n) is 8.39. The lowest BCUT2D eigenvalue weighted by molar-refractivity contribution is -0.139. The Morgan fingerprint density at radius 1 is 0.914 bits per heavy atom. The minimum Gasteiger partial charge on any atom is -0.480 e. The third-order valence-electron chi connectivity index (χ3n) is 6.29. The number of benzene rings is 3. The Balaban J connectivity index is 1.28. The number of amides is 1. The quantitative estimate of drug-likeness (QED) is 0.391. The third kappa shape index (κ3) is 4.40. The third-order valence-corrected chi connectivity index (χ3v) is 6.29. The highest BCUT2D eigenvalue weighted by molar-refractivity contribution is 5.81. The normalized spacial score (nSPS) is 13.1. The monoisotopic (exact) mass is 470 g/mol. The molecule has 0 radical (unpaired) electrons. The van der Waals surface area contributed by atoms with Crippen LogP contribution in [0.2, 0.25) is 0 Å². The maximum absolute atomic E-state index is 14.3. The number of aliphatic carboxylic acids is 1. The van der Waals surface area contributed by atoms with Crippen LogP contribution in [-0.2, 0) is 16.0 Å². The highest BCUT2D eigenvalue weighted by Gasteiger charge is 2.30. The molecule has 3 aromatic carbocycles. The Morgan fingerprint density at radius 3 is 2.20 bits per heavy atom. The van der Waals surface area contributed by atoms with Gasteiger partial charge in [0.05, 0.1) is 5.69 Å². The molecule has 0 spiro atoms. The molecular formula is C28H23FN2O4. The Morgan fingerprint density at radius 2 is 1.54 bits per heavy atom. The molecule has 35 heavy (non-hydrogen) atoms. The van der Waals surface area contributed by atoms with Crippen molar-refractivity contribution in [2.45, 2.75) is 18.4 Å². The van der Waals surface area contributed by atoms with Gasteiger partial charge in [0.1, 0.15) is 18.5 Å². The molecule has 5 rings (SSSR count). The largest absolute Gasteiger partial charge is 0.480 e. The van der Waals surface area contributed by atoms with Crippen LogP contribution in [0.25, 0.3) is 16.8 Å². The fraction of sp³-hybridized carbons (Fsp3) is 0.143. The summed E-state index contributed by atoms with van der Waals surface area (Å²) in [6, 6.07) is 24.3. The van der Waals surface area contributed by atoms with E-state index in [1.165, 1.54) is 6.07 Å². The van der Waals surface area contributed by atoms with Crippen molar-refractivity contribution in [1.29, 1.82) is 0 Å². The molecular weight excluding hydrogens is 447 g/mol. The lowest BCUT2D eigenvalue weighted by Gasteiger charge is -2.18. The molecule has 1 aromatic heterocycles. The molecule has 7 heteroatoms. The molecule has 4 aromatic rings. The zero-order valence-corrected chi connectivity index (χ0v) is 18.7. The summed E-state index contributed by atoms with van der Waals surface area (Å²) in [6.07, 6.45) is 0.796. The maximum atomic E-state index is 14.3. The number of nitrogens with zero attached hydrogens (tertiary/aromatic N) is 1. The molecule has 1 atom stereocenters. The fourth-order valence-corrected chi connectivity index (χ4v) is 4.66. The molecule has 176 valence electrons. The summed E-state index contributed by atoms with van der Waals surface area (Å²) in [7, 11) is 0. The van der Waals surface area contributed by atoms with Crippen LogP contribution in [0.15, 0.2) is 91.1 Å². The number of alkyl carbamates (subject to hydrolysis) is 1. The van der Waals surface area contributed by atoms with Crippen molar-refractivity contribution in [2.75, 3.05) is 6.61 Å². The van der Waals surface area contributed by atoms with E-state index in [2.05, 4.69) is 5.32 Å². The van der Waals surface area contributed by atoms with Crippen LogP contribution in [0.3, 0.4) is 0 Å². The van der Waals surface area contributed by atoms with E-state index in [0.29, 0.717) is 11.4 Å². The number of carboxylic acids is 1. The van der Waals surface area contributed by atoms with Crippen molar-refractivity contribution in [3.8, 4) is 16.8 Å². The van der Waals surface area contributed by atoms with E-state index in [0.717, 1.165) is 22.3 Å². The number of carbonyl (C=O) groups excluding carboxylic acids is 1. The second-order valence-corrected chi connectivity index (χ2v) is 8.39. The molecule has 0 saturated carbocycles. The lowest BCUT2D eigenvalue weighted by Crippen LogP contribution is -2.43. The number of halogens is 1. The zero-order valence-electron chi connectivity index (χ0n) is 18.7. The predicted molar refractivity (Wildman–Crippen MR) is 129 cm³/mol. The van der Waals surface area contributed by atoms with Gasteiger partial charge in [-0.25, -0.2) is 14.0 Å². The summed E-state index contributed by atoms with van der Waals surface area (Å²) in [6.45, 7) is 0.0812. The Bertz CT molecular complexity index is 1350. The summed E-state index contributed by atoms with van der Waals surface area (Å²) >= 11 is 0. The number of carbonyl (C=O) groups is 2. The summed E-state index contributed by atoms with van der Waals surface area (Å²) in [5, 5.41) is 12.2. The van der Waals surface area contributed by atoms with Crippen LogP contribution >= 0.6 is 0 Å². The van der Waals surface area contributed by atoms with Gasteiger partial charge in [0.15, 0.2) is 0 Å². The van der Waals surface area contributed by atoms with Gasteiger partial charge in [-0.15, -0.1) is 0 Å². The Kier molecular flexibility index (Phi) is 6.06. The van der Waals surface area contributed by atoms with Gasteiger partial charge < -0.3 is 19.7 Å². The van der Waals surface area contributed by atoms with Crippen LogP contribution < -0.4 is 5.32 Å². The van der Waals surface area contributed by atoms with E-state index < -0.39 is 23.9 Å². The lowest BCUT2D eigenvalue weighted by atomic mass is 9.98. The minimum atomic E-state index is -1.24. The topological polar surface area (TPSA) is 80.6 Å². The number of aromatic nitrogens is 1. The average molecular weight is 471 g/mol. The van der Waals surface area contributed by atoms with Crippen molar-refractivity contribution in [3.63, 3.8) is 0 Å². The molecule has 0 aliphatic heterocycles. The number of fused-ring (bicyclic) bond motifs is 3. The minimum absolute atomic E-state index is 0.0408. The van der Waals surface area contributed by atoms with Gasteiger partial charge in [-0.2, -0.15) is 0 Å². The number of hydrogen-bond donors (Lipinski definition) is 2. The average Bonchev–Trinajstić information content (AvgIpc) is 3.45. The molecule has 0 bridgehead atoms. The van der Waals surface area contributed by atoms with Crippen molar-refractivity contribution in [2.24, 2.45) is 0 Å². The van der Waals surface area contributed by atoms with Gasteiger partial charge in [0, 0.05) is 24.2 Å². The first kappa shape index (κ1) is 22.4. The van der Waals surface area contributed by atoms with Gasteiger partial charge in [-0.3, -0.25) is 0 Å². The van der Waals surface area contributed by atoms with Gasteiger partial charge in [0.25, 0.3) is 0 Å². The number of ether oxygens (including phenoxy) is 1. The molecule has 1 aliphatic carbocycles. The van der Waals surface area contributed by atoms with E-state index in [-0.39, 0.29) is 18.9 Å². The summed E-state index contributed by atoms with van der Waals surface area (Å²) < 4.78 is 21.3. The van der Waals surface area contributed by atoms with Crippen LogP contribution in [0.1, 0.15) is 22.7 Å². The molecule has 2 N–H and O–H groups in total. The fourth-order valence-electron chi connectivity index (χ4n) is 4.66. The number of para-hydroxylation sites is 1. The molecule has 6 nitrogen and oxygen atoms in total. The smallest absolute Gasteiger partial charge is 0.407 e. The van der Waals surface area contributed by atoms with E-state index in [9.17, 15) is 19.1 Å². The molecule has 1 unspecified atom stereocenters. The number of nitrogens with one attached hydrogen (secondary N) is 1. The Labute approximate surface area is 201 Å². The maximum Gasteiger partial charge on any atom is 0.407 e. The summed E-state index contributed by atoms with van der Waals surface area (Å²) in [5.74, 6) is -1.77. The first-order chi connectivity index (χ1) is 17.0. The standard InChI is InChI=1S/C28H23FN2O4/c29-24-13-5-6-14-26(24)31-15-7-8-18(31)16-25(27(32)33)30-28(34)35-17-23-21-11-3-1-9-19(21)20-10-2-4-12-22(20)23/h1-15,23,25H,16-17H2,(H,30,34)(H,32,33). The molecule has 1 amide bonds. The first-order valence-corrected chi connectivity index (χ1v) is 11.3. The van der Waals surface area contributed by atoms with Gasteiger partial charge in [-0.05, 0) is 46.5 Å². The Hall–Kier alpha value is -4.39. The number of rotatable bonds is 7. The van der Waals surface area contributed by atoms with Crippen LogP contribution in [0.5, 0.6) is 0 Å². The molecule has 1 aliphatic rings.